The Morgan fingerprint density at radius 2 is 1.47 bits per heavy atom. The van der Waals surface area contributed by atoms with Crippen LogP contribution < -0.4 is 0 Å². The topological polar surface area (TPSA) is 266 Å². The second kappa shape index (κ2) is 11.3. The largest absolute Gasteiger partial charge is 0.477 e. The molecule has 3 aliphatic heterocycles. The monoisotopic (exact) mass is 530 g/mol. The molecule has 3 fully saturated rings. The lowest BCUT2D eigenvalue weighted by Crippen LogP contribution is -2.64. The Balaban J connectivity index is 1.65. The molecule has 0 saturated carbocycles. The number of hydrogen-bond donors (Lipinski definition) is 10. The van der Waals surface area contributed by atoms with Gasteiger partial charge in [-0.15, -0.1) is 0 Å². The highest BCUT2D eigenvalue weighted by Crippen LogP contribution is 2.32. The Morgan fingerprint density at radius 1 is 0.889 bits per heavy atom. The zero-order valence-corrected chi connectivity index (χ0v) is 19.4. The lowest BCUT2D eigenvalue weighted by atomic mass is 9.93. The van der Waals surface area contributed by atoms with Crippen LogP contribution in [-0.2, 0) is 28.5 Å². The maximum absolute atomic E-state index is 11.3. The maximum Gasteiger partial charge on any atom is 0.364 e. The van der Waals surface area contributed by atoms with Gasteiger partial charge >= 0.3 is 5.97 Å². The van der Waals surface area contributed by atoms with Crippen LogP contribution in [0.25, 0.3) is 0 Å². The molecule has 10 N–H and O–H groups in total. The average molecular weight is 530 g/mol. The normalized spacial score (nSPS) is 51.0. The molecule has 3 aliphatic rings. The molecule has 0 amide bonds. The SMILES string of the molecule is C[C@@H]1O[C@@H](O[C@@H]2[C@@H](O)[C@H](C)O[C@@H](OC[C@@H](O)[C@H]3OC(O)(C(=O)O)C[C@@H](O)[C@H]3O)[C@@H]2O)[C@H](O)[C@H](O)[C@H]1O. The van der Waals surface area contributed by atoms with Crippen molar-refractivity contribution in [2.24, 2.45) is 0 Å². The van der Waals surface area contributed by atoms with Gasteiger partial charge < -0.3 is 74.7 Å². The summed E-state index contributed by atoms with van der Waals surface area (Å²) in [4.78, 5) is 11.3. The smallest absolute Gasteiger partial charge is 0.364 e. The molecule has 0 aromatic rings. The first-order chi connectivity index (χ1) is 16.7. The number of aliphatic hydroxyl groups excluding tert-OH is 8. The molecule has 16 nitrogen and oxygen atoms in total. The molecule has 0 bridgehead atoms. The first-order valence-electron chi connectivity index (χ1n) is 11.3. The predicted octanol–water partition coefficient (Wildman–Crippen LogP) is -5.67. The van der Waals surface area contributed by atoms with Crippen molar-refractivity contribution in [3.63, 3.8) is 0 Å². The van der Waals surface area contributed by atoms with E-state index < -0.39 is 111 Å². The first-order valence-corrected chi connectivity index (χ1v) is 11.3. The summed E-state index contributed by atoms with van der Waals surface area (Å²) in [6.45, 7) is 2.05. The molecule has 1 unspecified atom stereocenters. The van der Waals surface area contributed by atoms with Gasteiger partial charge in [0.05, 0.1) is 24.9 Å². The minimum Gasteiger partial charge on any atom is -0.477 e. The Hall–Kier alpha value is -1.09. The van der Waals surface area contributed by atoms with Crippen molar-refractivity contribution in [2.75, 3.05) is 6.61 Å². The Labute approximate surface area is 204 Å². The summed E-state index contributed by atoms with van der Waals surface area (Å²) in [6.07, 6.45) is -22.6. The number of rotatable bonds is 7. The molecular weight excluding hydrogens is 496 g/mol. The minimum atomic E-state index is -2.88. The van der Waals surface area contributed by atoms with Crippen molar-refractivity contribution in [3.05, 3.63) is 0 Å². The summed E-state index contributed by atoms with van der Waals surface area (Å²) in [6, 6.07) is 0. The van der Waals surface area contributed by atoms with E-state index in [-0.39, 0.29) is 0 Å². The van der Waals surface area contributed by atoms with Crippen LogP contribution in [0.4, 0.5) is 0 Å². The van der Waals surface area contributed by atoms with E-state index in [1.54, 1.807) is 0 Å². The fraction of sp³-hybridized carbons (Fsp3) is 0.950. The molecule has 210 valence electrons. The van der Waals surface area contributed by atoms with Crippen LogP contribution in [0.15, 0.2) is 0 Å². The van der Waals surface area contributed by atoms with Crippen LogP contribution >= 0.6 is 0 Å². The summed E-state index contributed by atoms with van der Waals surface area (Å²) in [5.41, 5.74) is 0. The van der Waals surface area contributed by atoms with Gasteiger partial charge in [-0.05, 0) is 13.8 Å². The van der Waals surface area contributed by atoms with Gasteiger partial charge in [-0.25, -0.2) is 4.79 Å². The summed E-state index contributed by atoms with van der Waals surface area (Å²) in [7, 11) is 0. The molecule has 0 radical (unpaired) electrons. The molecule has 16 heteroatoms. The van der Waals surface area contributed by atoms with E-state index >= 15 is 0 Å². The van der Waals surface area contributed by atoms with E-state index in [0.29, 0.717) is 0 Å². The van der Waals surface area contributed by atoms with Gasteiger partial charge in [0.15, 0.2) is 12.6 Å². The number of carboxylic acid groups (broad SMARTS) is 1. The first kappa shape index (κ1) is 29.5. The van der Waals surface area contributed by atoms with Gasteiger partial charge in [0.25, 0.3) is 5.79 Å². The second-order valence-corrected chi connectivity index (χ2v) is 9.31. The van der Waals surface area contributed by atoms with Gasteiger partial charge in [0.2, 0.25) is 0 Å². The van der Waals surface area contributed by atoms with E-state index in [0.717, 1.165) is 0 Å². The number of carboxylic acids is 1. The van der Waals surface area contributed by atoms with Gasteiger partial charge in [-0.2, -0.15) is 0 Å². The molecule has 0 aromatic carbocycles. The zero-order chi connectivity index (χ0) is 27.1. The molecule has 0 aliphatic carbocycles. The van der Waals surface area contributed by atoms with Crippen molar-refractivity contribution in [2.45, 2.75) is 112 Å². The Bertz CT molecular complexity index is 755. The van der Waals surface area contributed by atoms with Crippen LogP contribution in [0.2, 0.25) is 0 Å². The lowest BCUT2D eigenvalue weighted by molar-refractivity contribution is -0.357. The summed E-state index contributed by atoms with van der Waals surface area (Å²) in [5, 5.41) is 101. The van der Waals surface area contributed by atoms with Crippen molar-refractivity contribution >= 4 is 5.97 Å². The third-order valence-electron chi connectivity index (χ3n) is 6.57. The van der Waals surface area contributed by atoms with E-state index in [1.165, 1.54) is 13.8 Å². The standard InChI is InChI=1S/C20H34O16/c1-5-9(23)12(26)13(27)18(34-5)35-16-10(24)6(2)33-17(14(16)28)32-4-8(22)15-11(25)7(21)3-20(31,36-15)19(29)30/h5-18,21-28,31H,3-4H2,1-2H3,(H,29,30)/t5-,6-,7+,8+,9-,10-,11+,12+,13+,14+,15+,16+,17+,18-,20?/m0/s1. The molecule has 0 spiro atoms. The highest BCUT2D eigenvalue weighted by molar-refractivity contribution is 5.75. The molecule has 3 heterocycles. The van der Waals surface area contributed by atoms with Crippen molar-refractivity contribution in [1.29, 1.82) is 0 Å². The van der Waals surface area contributed by atoms with Crippen LogP contribution in [0.1, 0.15) is 20.3 Å². The van der Waals surface area contributed by atoms with Gasteiger partial charge in [-0.1, -0.05) is 0 Å². The molecule has 0 aromatic heterocycles. The molecule has 36 heavy (non-hydrogen) atoms. The summed E-state index contributed by atoms with van der Waals surface area (Å²) >= 11 is 0. The lowest BCUT2D eigenvalue weighted by Gasteiger charge is -2.45. The highest BCUT2D eigenvalue weighted by atomic mass is 16.7. The molecule has 3 saturated heterocycles. The van der Waals surface area contributed by atoms with Crippen LogP contribution in [0, 0.1) is 0 Å². The van der Waals surface area contributed by atoms with Crippen LogP contribution in [-0.4, -0.2) is 155 Å². The fourth-order valence-electron chi connectivity index (χ4n) is 4.27. The number of ether oxygens (including phenoxy) is 5. The van der Waals surface area contributed by atoms with Crippen LogP contribution in [0.5, 0.6) is 0 Å². The van der Waals surface area contributed by atoms with Gasteiger partial charge in [0.1, 0.15) is 54.9 Å². The van der Waals surface area contributed by atoms with Gasteiger partial charge in [-0.3, -0.25) is 0 Å². The summed E-state index contributed by atoms with van der Waals surface area (Å²) < 4.78 is 26.5. The molecule has 15 atom stereocenters. The number of carbonyl (C=O) groups is 1. The Kier molecular flexibility index (Phi) is 9.28. The number of hydrogen-bond acceptors (Lipinski definition) is 15. The second-order valence-electron chi connectivity index (χ2n) is 9.31. The summed E-state index contributed by atoms with van der Waals surface area (Å²) in [5.74, 6) is -4.72. The molecular formula is C20H34O16. The van der Waals surface area contributed by atoms with Crippen molar-refractivity contribution < 1.29 is 79.5 Å². The van der Waals surface area contributed by atoms with Crippen molar-refractivity contribution in [3.8, 4) is 0 Å². The molecule has 3 rings (SSSR count). The fourth-order valence-corrected chi connectivity index (χ4v) is 4.27. The number of aliphatic carboxylic acids is 1. The van der Waals surface area contributed by atoms with Crippen molar-refractivity contribution in [1.82, 2.24) is 0 Å². The van der Waals surface area contributed by atoms with E-state index in [2.05, 4.69) is 0 Å². The third kappa shape index (κ3) is 5.82. The quantitative estimate of drug-likeness (QED) is 0.147. The predicted molar refractivity (Wildman–Crippen MR) is 110 cm³/mol. The maximum atomic E-state index is 11.3. The van der Waals surface area contributed by atoms with E-state index in [4.69, 9.17) is 28.8 Å². The van der Waals surface area contributed by atoms with E-state index in [9.17, 15) is 50.8 Å². The van der Waals surface area contributed by atoms with E-state index in [1.807, 2.05) is 0 Å². The van der Waals surface area contributed by atoms with Crippen LogP contribution in [0.3, 0.4) is 0 Å². The Morgan fingerprint density at radius 3 is 2.08 bits per heavy atom. The average Bonchev–Trinajstić information content (AvgIpc) is 2.81. The number of aliphatic hydroxyl groups is 9. The minimum absolute atomic E-state index is 0.758. The van der Waals surface area contributed by atoms with Gasteiger partial charge in [0, 0.05) is 6.42 Å². The highest BCUT2D eigenvalue weighted by Gasteiger charge is 2.53. The zero-order valence-electron chi connectivity index (χ0n) is 19.4. The third-order valence-corrected chi connectivity index (χ3v) is 6.57.